The van der Waals surface area contributed by atoms with Crippen LogP contribution >= 0.6 is 0 Å². The van der Waals surface area contributed by atoms with Crippen molar-refractivity contribution in [3.63, 3.8) is 0 Å². The first-order chi connectivity index (χ1) is 12.5. The minimum absolute atomic E-state index is 0.0158. The molecule has 0 N–H and O–H groups in total. The van der Waals surface area contributed by atoms with Crippen LogP contribution in [0, 0.1) is 5.82 Å². The predicted molar refractivity (Wildman–Crippen MR) is 92.4 cm³/mol. The number of benzene rings is 1. The molecule has 1 aromatic heterocycles. The van der Waals surface area contributed by atoms with Crippen molar-refractivity contribution < 1.29 is 22.3 Å². The number of nitrogens with zero attached hydrogens (tertiary/aromatic N) is 2. The zero-order chi connectivity index (χ0) is 18.6. The van der Waals surface area contributed by atoms with Gasteiger partial charge in [-0.15, -0.1) is 0 Å². The molecule has 2 aromatic rings. The van der Waals surface area contributed by atoms with Crippen LogP contribution in [-0.4, -0.2) is 36.8 Å². The van der Waals surface area contributed by atoms with Crippen LogP contribution in [0.2, 0.25) is 0 Å². The second-order valence-corrected chi connectivity index (χ2v) is 7.91. The second-order valence-electron chi connectivity index (χ2n) is 6.01. The zero-order valence-corrected chi connectivity index (χ0v) is 14.9. The average Bonchev–Trinajstić information content (AvgIpc) is 2.68. The Morgan fingerprint density at radius 3 is 2.62 bits per heavy atom. The summed E-state index contributed by atoms with van der Waals surface area (Å²) in [5.74, 6) is -1.61. The van der Waals surface area contributed by atoms with E-state index in [-0.39, 0.29) is 12.2 Å². The predicted octanol–water partition coefficient (Wildman–Crippen LogP) is 2.75. The van der Waals surface area contributed by atoms with E-state index in [4.69, 9.17) is 4.74 Å². The number of hydrogen-bond donors (Lipinski definition) is 0. The van der Waals surface area contributed by atoms with Crippen molar-refractivity contribution in [2.75, 3.05) is 13.1 Å². The highest BCUT2D eigenvalue weighted by molar-refractivity contribution is 7.89. The summed E-state index contributed by atoms with van der Waals surface area (Å²) in [5.41, 5.74) is 0.544. The van der Waals surface area contributed by atoms with Gasteiger partial charge in [0.15, 0.2) is 0 Å². The van der Waals surface area contributed by atoms with E-state index in [0.717, 1.165) is 31.4 Å². The second kappa shape index (κ2) is 7.92. The molecule has 1 saturated heterocycles. The van der Waals surface area contributed by atoms with Gasteiger partial charge in [0.05, 0.1) is 11.3 Å². The van der Waals surface area contributed by atoms with E-state index in [1.165, 1.54) is 10.4 Å². The number of halogens is 1. The van der Waals surface area contributed by atoms with Crippen molar-refractivity contribution in [1.29, 1.82) is 0 Å². The molecule has 8 heteroatoms. The maximum Gasteiger partial charge on any atom is 0.338 e. The zero-order valence-electron chi connectivity index (χ0n) is 14.1. The summed E-state index contributed by atoms with van der Waals surface area (Å²) in [6.45, 7) is 0.664. The van der Waals surface area contributed by atoms with Crippen molar-refractivity contribution in [3.05, 3.63) is 59.7 Å². The molecule has 0 aliphatic carbocycles. The van der Waals surface area contributed by atoms with E-state index in [1.807, 2.05) is 0 Å². The molecular formula is C18H19FN2O4S. The molecule has 138 valence electrons. The molecule has 0 unspecified atom stereocenters. The fourth-order valence-corrected chi connectivity index (χ4v) is 4.39. The van der Waals surface area contributed by atoms with Crippen LogP contribution in [0.15, 0.2) is 47.5 Å². The van der Waals surface area contributed by atoms with Gasteiger partial charge >= 0.3 is 5.97 Å². The lowest BCUT2D eigenvalue weighted by molar-refractivity contribution is 0.0467. The Bertz CT molecular complexity index is 881. The van der Waals surface area contributed by atoms with Crippen molar-refractivity contribution in [3.8, 4) is 0 Å². The van der Waals surface area contributed by atoms with Crippen LogP contribution in [0.3, 0.4) is 0 Å². The lowest BCUT2D eigenvalue weighted by atomic mass is 10.2. The Labute approximate surface area is 151 Å². The smallest absolute Gasteiger partial charge is 0.338 e. The Kier molecular flexibility index (Phi) is 5.63. The highest BCUT2D eigenvalue weighted by Crippen LogP contribution is 2.24. The molecule has 1 fully saturated rings. The summed E-state index contributed by atoms with van der Waals surface area (Å²) >= 11 is 0. The Balaban J connectivity index is 1.79. The quantitative estimate of drug-likeness (QED) is 0.748. The SMILES string of the molecule is O=C(OCc1ccccn1)c1ccc(F)c(S(=O)(=O)N2CCCCC2)c1. The standard InChI is InChI=1S/C18H19FN2O4S/c19-16-8-7-14(18(22)25-13-15-6-2-3-9-20-15)12-17(16)26(23,24)21-10-4-1-5-11-21/h2-3,6-9,12H,1,4-5,10-11,13H2. The van der Waals surface area contributed by atoms with Crippen molar-refractivity contribution in [1.82, 2.24) is 9.29 Å². The average molecular weight is 378 g/mol. The number of hydrogen-bond acceptors (Lipinski definition) is 5. The Morgan fingerprint density at radius 1 is 1.15 bits per heavy atom. The van der Waals surface area contributed by atoms with Crippen LogP contribution < -0.4 is 0 Å². The molecule has 1 aromatic carbocycles. The molecule has 3 rings (SSSR count). The first-order valence-electron chi connectivity index (χ1n) is 8.35. The number of piperidine rings is 1. The molecule has 26 heavy (non-hydrogen) atoms. The van der Waals surface area contributed by atoms with Crippen molar-refractivity contribution in [2.45, 2.75) is 30.8 Å². The summed E-state index contributed by atoms with van der Waals surface area (Å²) < 4.78 is 45.9. The van der Waals surface area contributed by atoms with Gasteiger partial charge < -0.3 is 4.74 Å². The minimum Gasteiger partial charge on any atom is -0.456 e. The summed E-state index contributed by atoms with van der Waals surface area (Å²) in [6.07, 6.45) is 4.01. The molecule has 0 bridgehead atoms. The van der Waals surface area contributed by atoms with Gasteiger partial charge in [0.25, 0.3) is 0 Å². The molecule has 0 amide bonds. The first kappa shape index (κ1) is 18.5. The number of rotatable bonds is 5. The number of esters is 1. The third-order valence-electron chi connectivity index (χ3n) is 4.18. The molecule has 6 nitrogen and oxygen atoms in total. The highest BCUT2D eigenvalue weighted by atomic mass is 32.2. The molecule has 1 aliphatic rings. The molecule has 0 spiro atoms. The Morgan fingerprint density at radius 2 is 1.92 bits per heavy atom. The van der Waals surface area contributed by atoms with E-state index >= 15 is 0 Å². The van der Waals surface area contributed by atoms with Gasteiger partial charge in [0, 0.05) is 19.3 Å². The highest BCUT2D eigenvalue weighted by Gasteiger charge is 2.29. The molecule has 0 radical (unpaired) electrons. The number of ether oxygens (including phenoxy) is 1. The van der Waals surface area contributed by atoms with E-state index < -0.39 is 26.7 Å². The van der Waals surface area contributed by atoms with Crippen LogP contribution in [0.5, 0.6) is 0 Å². The van der Waals surface area contributed by atoms with Crippen molar-refractivity contribution >= 4 is 16.0 Å². The van der Waals surface area contributed by atoms with Gasteiger partial charge in [-0.3, -0.25) is 4.98 Å². The number of carbonyl (C=O) groups is 1. The number of sulfonamides is 1. The van der Waals surface area contributed by atoms with Gasteiger partial charge in [-0.25, -0.2) is 17.6 Å². The van der Waals surface area contributed by atoms with Crippen molar-refractivity contribution in [2.24, 2.45) is 0 Å². The summed E-state index contributed by atoms with van der Waals surface area (Å²) in [4.78, 5) is 15.7. The van der Waals surface area contributed by atoms with E-state index in [1.54, 1.807) is 24.4 Å². The van der Waals surface area contributed by atoms with E-state index in [0.29, 0.717) is 18.8 Å². The molecular weight excluding hydrogens is 359 g/mol. The number of aromatic nitrogens is 1. The summed E-state index contributed by atoms with van der Waals surface area (Å²) in [6, 6.07) is 8.43. The van der Waals surface area contributed by atoms with Crippen LogP contribution in [0.1, 0.15) is 35.3 Å². The first-order valence-corrected chi connectivity index (χ1v) is 9.79. The van der Waals surface area contributed by atoms with Gasteiger partial charge in [0.1, 0.15) is 17.3 Å². The van der Waals surface area contributed by atoms with E-state index in [9.17, 15) is 17.6 Å². The van der Waals surface area contributed by atoms with Gasteiger partial charge in [-0.2, -0.15) is 4.31 Å². The van der Waals surface area contributed by atoms with Crippen LogP contribution in [-0.2, 0) is 21.4 Å². The lowest BCUT2D eigenvalue weighted by Gasteiger charge is -2.26. The molecule has 2 heterocycles. The maximum atomic E-state index is 14.2. The van der Waals surface area contributed by atoms with Gasteiger partial charge in [0.2, 0.25) is 10.0 Å². The third kappa shape index (κ3) is 4.08. The topological polar surface area (TPSA) is 76.6 Å². The molecule has 0 saturated carbocycles. The fraction of sp³-hybridized carbons (Fsp3) is 0.333. The lowest BCUT2D eigenvalue weighted by Crippen LogP contribution is -2.36. The molecule has 0 atom stereocenters. The summed E-state index contributed by atoms with van der Waals surface area (Å²) in [5, 5.41) is 0. The van der Waals surface area contributed by atoms with Crippen LogP contribution in [0.4, 0.5) is 4.39 Å². The Hall–Kier alpha value is -2.32. The monoisotopic (exact) mass is 378 g/mol. The molecule has 1 aliphatic heterocycles. The number of pyridine rings is 1. The fourth-order valence-electron chi connectivity index (χ4n) is 2.78. The minimum atomic E-state index is -3.98. The third-order valence-corrected chi connectivity index (χ3v) is 6.09. The maximum absolute atomic E-state index is 14.2. The van der Waals surface area contributed by atoms with Gasteiger partial charge in [-0.05, 0) is 43.2 Å². The number of carbonyl (C=O) groups excluding carboxylic acids is 1. The van der Waals surface area contributed by atoms with E-state index in [2.05, 4.69) is 4.98 Å². The van der Waals surface area contributed by atoms with Gasteiger partial charge in [-0.1, -0.05) is 12.5 Å². The normalized spacial score (nSPS) is 15.6. The van der Waals surface area contributed by atoms with Crippen LogP contribution in [0.25, 0.3) is 0 Å². The largest absolute Gasteiger partial charge is 0.456 e. The summed E-state index contributed by atoms with van der Waals surface area (Å²) in [7, 11) is -3.98.